The molecule has 0 aliphatic rings. The summed E-state index contributed by atoms with van der Waals surface area (Å²) in [6.07, 6.45) is 0. The van der Waals surface area contributed by atoms with E-state index in [9.17, 15) is 29.4 Å². The van der Waals surface area contributed by atoms with Crippen molar-refractivity contribution in [1.29, 1.82) is 0 Å². The second kappa shape index (κ2) is 5.58. The average molecular weight is 339 g/mol. The first-order valence-electron chi connectivity index (χ1n) is 5.89. The zero-order chi connectivity index (χ0) is 17.5. The lowest BCUT2D eigenvalue weighted by Gasteiger charge is -2.13. The Bertz CT molecular complexity index is 900. The summed E-state index contributed by atoms with van der Waals surface area (Å²) < 4.78 is 0. The molecule has 23 heavy (non-hydrogen) atoms. The summed E-state index contributed by atoms with van der Waals surface area (Å²) in [4.78, 5) is 45.4. The Morgan fingerprint density at radius 1 is 0.739 bits per heavy atom. The van der Waals surface area contributed by atoms with Crippen molar-refractivity contribution < 1.29 is 39.6 Å². The number of carbonyl (C=O) groups is 4. The quantitative estimate of drug-likeness (QED) is 0.663. The number of halogens is 1. The van der Waals surface area contributed by atoms with E-state index in [1.54, 1.807) is 0 Å². The fourth-order valence-corrected chi connectivity index (χ4v) is 2.58. The Balaban J connectivity index is 3.20. The molecule has 0 atom stereocenters. The highest BCUT2D eigenvalue weighted by Crippen LogP contribution is 2.33. The van der Waals surface area contributed by atoms with Crippen LogP contribution in [0.2, 0.25) is 5.02 Å². The van der Waals surface area contributed by atoms with E-state index in [2.05, 4.69) is 0 Å². The minimum Gasteiger partial charge on any atom is -0.478 e. The van der Waals surface area contributed by atoms with Crippen molar-refractivity contribution in [3.63, 3.8) is 0 Å². The summed E-state index contributed by atoms with van der Waals surface area (Å²) >= 11 is 5.77. The molecule has 2 rings (SSSR count). The van der Waals surface area contributed by atoms with E-state index < -0.39 is 56.5 Å². The molecule has 0 unspecified atom stereocenters. The van der Waals surface area contributed by atoms with Gasteiger partial charge in [-0.05, 0) is 17.5 Å². The van der Waals surface area contributed by atoms with Gasteiger partial charge in [-0.3, -0.25) is 0 Å². The van der Waals surface area contributed by atoms with E-state index in [-0.39, 0.29) is 5.39 Å². The molecule has 2 aromatic carbocycles. The van der Waals surface area contributed by atoms with Gasteiger partial charge in [0.25, 0.3) is 0 Å². The fraction of sp³-hybridized carbons (Fsp3) is 0. The molecule has 0 aromatic heterocycles. The molecule has 0 aliphatic heterocycles. The van der Waals surface area contributed by atoms with Gasteiger partial charge < -0.3 is 20.4 Å². The summed E-state index contributed by atoms with van der Waals surface area (Å²) in [5, 5.41) is 35.9. The Kier molecular flexibility index (Phi) is 3.94. The van der Waals surface area contributed by atoms with Gasteiger partial charge in [0.15, 0.2) is 0 Å². The first kappa shape index (κ1) is 16.2. The van der Waals surface area contributed by atoms with Gasteiger partial charge in [-0.25, -0.2) is 19.2 Å². The van der Waals surface area contributed by atoms with Crippen molar-refractivity contribution in [3.8, 4) is 0 Å². The first-order chi connectivity index (χ1) is 10.7. The molecule has 0 bridgehead atoms. The SMILES string of the molecule is O=C(O)c1ccc2cc(Cl)c(C(=O)O)c(C(=O)O)c2c1C(=O)O. The number of hydrogen-bond donors (Lipinski definition) is 4. The van der Waals surface area contributed by atoms with Crippen LogP contribution < -0.4 is 0 Å². The second-order valence-electron chi connectivity index (χ2n) is 4.42. The molecular formula is C14H7ClO8. The summed E-state index contributed by atoms with van der Waals surface area (Å²) in [5.41, 5.74) is -3.16. The summed E-state index contributed by atoms with van der Waals surface area (Å²) in [7, 11) is 0. The molecule has 4 N–H and O–H groups in total. The standard InChI is InChI=1S/C14H7ClO8/c15-6-3-4-1-2-5(11(16)17)8(12(18)19)7(4)10(14(22)23)9(6)13(20)21/h1-3H,(H,16,17)(H,18,19)(H,20,21)(H,22,23). The highest BCUT2D eigenvalue weighted by molar-refractivity contribution is 6.36. The average Bonchev–Trinajstić information content (AvgIpc) is 2.43. The summed E-state index contributed by atoms with van der Waals surface area (Å²) in [6.45, 7) is 0. The zero-order valence-corrected chi connectivity index (χ0v) is 11.8. The predicted octanol–water partition coefficient (Wildman–Crippen LogP) is 2.29. The minimum absolute atomic E-state index is 0.000185. The van der Waals surface area contributed by atoms with Crippen molar-refractivity contribution in [2.45, 2.75) is 0 Å². The largest absolute Gasteiger partial charge is 0.478 e. The van der Waals surface area contributed by atoms with Crippen LogP contribution in [-0.4, -0.2) is 44.3 Å². The molecule has 0 heterocycles. The van der Waals surface area contributed by atoms with E-state index in [0.717, 1.165) is 18.2 Å². The van der Waals surface area contributed by atoms with E-state index in [1.807, 2.05) is 0 Å². The molecule has 0 radical (unpaired) electrons. The number of rotatable bonds is 4. The van der Waals surface area contributed by atoms with Crippen LogP contribution in [0.4, 0.5) is 0 Å². The van der Waals surface area contributed by atoms with Gasteiger partial charge in [-0.1, -0.05) is 17.7 Å². The van der Waals surface area contributed by atoms with Crippen molar-refractivity contribution in [2.24, 2.45) is 0 Å². The Morgan fingerprint density at radius 3 is 1.70 bits per heavy atom. The molecule has 0 aliphatic carbocycles. The van der Waals surface area contributed by atoms with E-state index in [0.29, 0.717) is 0 Å². The van der Waals surface area contributed by atoms with Crippen molar-refractivity contribution in [3.05, 3.63) is 45.5 Å². The molecule has 118 valence electrons. The van der Waals surface area contributed by atoms with E-state index in [1.165, 1.54) is 0 Å². The highest BCUT2D eigenvalue weighted by atomic mass is 35.5. The van der Waals surface area contributed by atoms with Gasteiger partial charge >= 0.3 is 23.9 Å². The van der Waals surface area contributed by atoms with Crippen LogP contribution in [0.3, 0.4) is 0 Å². The van der Waals surface area contributed by atoms with Crippen molar-refractivity contribution in [2.75, 3.05) is 0 Å². The highest BCUT2D eigenvalue weighted by Gasteiger charge is 2.29. The maximum Gasteiger partial charge on any atom is 0.338 e. The van der Waals surface area contributed by atoms with Crippen LogP contribution in [0.5, 0.6) is 0 Å². The Morgan fingerprint density at radius 2 is 1.26 bits per heavy atom. The monoisotopic (exact) mass is 338 g/mol. The second-order valence-corrected chi connectivity index (χ2v) is 4.82. The molecule has 0 spiro atoms. The van der Waals surface area contributed by atoms with E-state index in [4.69, 9.17) is 21.8 Å². The maximum atomic E-state index is 11.5. The van der Waals surface area contributed by atoms with Gasteiger partial charge in [-0.15, -0.1) is 0 Å². The van der Waals surface area contributed by atoms with Crippen LogP contribution in [-0.2, 0) is 0 Å². The lowest BCUT2D eigenvalue weighted by atomic mass is 9.92. The van der Waals surface area contributed by atoms with Crippen LogP contribution in [0.1, 0.15) is 41.4 Å². The summed E-state index contributed by atoms with van der Waals surface area (Å²) in [5.74, 6) is -6.70. The van der Waals surface area contributed by atoms with Gasteiger partial charge in [0.1, 0.15) is 0 Å². The number of benzene rings is 2. The van der Waals surface area contributed by atoms with Gasteiger partial charge in [0, 0.05) is 5.39 Å². The van der Waals surface area contributed by atoms with Gasteiger partial charge in [0.05, 0.1) is 27.3 Å². The van der Waals surface area contributed by atoms with Gasteiger partial charge in [0.2, 0.25) is 0 Å². The van der Waals surface area contributed by atoms with Gasteiger partial charge in [-0.2, -0.15) is 0 Å². The molecule has 0 saturated carbocycles. The number of carboxylic acids is 4. The van der Waals surface area contributed by atoms with Crippen molar-refractivity contribution in [1.82, 2.24) is 0 Å². The summed E-state index contributed by atoms with van der Waals surface area (Å²) in [6, 6.07) is 3.22. The van der Waals surface area contributed by atoms with Crippen LogP contribution in [0.15, 0.2) is 18.2 Å². The van der Waals surface area contributed by atoms with Crippen LogP contribution >= 0.6 is 11.6 Å². The first-order valence-corrected chi connectivity index (χ1v) is 6.27. The van der Waals surface area contributed by atoms with E-state index >= 15 is 0 Å². The third kappa shape index (κ3) is 2.55. The Labute approximate surface area is 132 Å². The molecular weight excluding hydrogens is 332 g/mol. The van der Waals surface area contributed by atoms with Crippen LogP contribution in [0, 0.1) is 0 Å². The topological polar surface area (TPSA) is 149 Å². The number of hydrogen-bond acceptors (Lipinski definition) is 4. The maximum absolute atomic E-state index is 11.5. The number of fused-ring (bicyclic) bond motifs is 1. The smallest absolute Gasteiger partial charge is 0.338 e. The van der Waals surface area contributed by atoms with Crippen molar-refractivity contribution >= 4 is 46.3 Å². The predicted molar refractivity (Wildman–Crippen MR) is 76.8 cm³/mol. The minimum atomic E-state index is -1.74. The molecule has 0 fully saturated rings. The lowest BCUT2D eigenvalue weighted by Crippen LogP contribution is -2.15. The number of carboxylic acid groups (broad SMARTS) is 4. The molecule has 0 amide bonds. The van der Waals surface area contributed by atoms with Crippen LogP contribution in [0.25, 0.3) is 10.8 Å². The lowest BCUT2D eigenvalue weighted by molar-refractivity contribution is 0.0647. The molecule has 0 saturated heterocycles. The zero-order valence-electron chi connectivity index (χ0n) is 11.0. The third-order valence-electron chi connectivity index (χ3n) is 3.13. The third-order valence-corrected chi connectivity index (χ3v) is 3.43. The number of aromatic carboxylic acids is 4. The fourth-order valence-electron chi connectivity index (χ4n) is 2.28. The molecule has 8 nitrogen and oxygen atoms in total. The normalized spacial score (nSPS) is 10.5. The Hall–Kier alpha value is -3.13. The molecule has 9 heteroatoms. The molecule has 2 aromatic rings.